The molecule has 0 aromatic heterocycles. The van der Waals surface area contributed by atoms with Crippen molar-refractivity contribution in [3.8, 4) is 0 Å². The molecule has 0 radical (unpaired) electrons. The molecule has 44 heavy (non-hydrogen) atoms. The average Bonchev–Trinajstić information content (AvgIpc) is 3.27. The number of fused-ring (bicyclic) bond motifs is 7. The van der Waals surface area contributed by atoms with Gasteiger partial charge >= 0.3 is 11.9 Å². The Morgan fingerprint density at radius 2 is 1.77 bits per heavy atom. The number of carbonyl (C=O) groups excluding carboxylic acids is 3. The van der Waals surface area contributed by atoms with Crippen LogP contribution in [-0.4, -0.2) is 75.9 Å². The lowest BCUT2D eigenvalue weighted by atomic mass is 9.44. The van der Waals surface area contributed by atoms with Gasteiger partial charge in [0.05, 0.1) is 24.2 Å². The fraction of sp³-hybridized carbons (Fsp3) is 0.676. The third-order valence-corrected chi connectivity index (χ3v) is 11.1. The van der Waals surface area contributed by atoms with Crippen LogP contribution in [0.2, 0.25) is 0 Å². The maximum atomic E-state index is 13.9. The molecular formula is C34H44O10. The standard InChI is InChI=1S/C34H44O10/c1-8-12-23(37)42-33-17-40-22(33)15-21(36)32(7)26(33)28(41-29(38)19-13-10-9-11-14-19)34(39)16-20(35)18(2)24(30(34,3)4)25-27(32)44-31(5,6)43-25/h9-11,13-14,18,21-22,26-28,36,39H,8,12,15-17H2,1-7H3/b25-24+/t18?,21-,22+,26-,27+,28-,32+,33-,34+/m0/s1. The zero-order chi connectivity index (χ0) is 32.0. The second-order valence-corrected chi connectivity index (χ2v) is 14.5. The number of rotatable bonds is 5. The second kappa shape index (κ2) is 10.1. The van der Waals surface area contributed by atoms with Crippen LogP contribution in [0.5, 0.6) is 0 Å². The summed E-state index contributed by atoms with van der Waals surface area (Å²) in [7, 11) is 0. The van der Waals surface area contributed by atoms with Crippen LogP contribution in [0.1, 0.15) is 84.5 Å². The van der Waals surface area contributed by atoms with E-state index < -0.39 is 76.0 Å². The first-order valence-electron chi connectivity index (χ1n) is 15.7. The lowest BCUT2D eigenvalue weighted by Crippen LogP contribution is -2.81. The summed E-state index contributed by atoms with van der Waals surface area (Å²) in [5.41, 5.74) is -5.09. The first-order chi connectivity index (χ1) is 20.5. The monoisotopic (exact) mass is 612 g/mol. The highest BCUT2D eigenvalue weighted by Gasteiger charge is 2.78. The average molecular weight is 613 g/mol. The lowest BCUT2D eigenvalue weighted by Gasteiger charge is -2.67. The lowest BCUT2D eigenvalue weighted by molar-refractivity contribution is -0.359. The van der Waals surface area contributed by atoms with Gasteiger partial charge in [-0.2, -0.15) is 0 Å². The van der Waals surface area contributed by atoms with E-state index in [0.717, 1.165) is 0 Å². The Kier molecular flexibility index (Phi) is 7.17. The topological polar surface area (TPSA) is 138 Å². The molecule has 10 nitrogen and oxygen atoms in total. The molecule has 1 unspecified atom stereocenters. The molecule has 5 aliphatic rings. The molecule has 4 fully saturated rings. The van der Waals surface area contributed by atoms with Crippen LogP contribution in [0.25, 0.3) is 0 Å². The fourth-order valence-corrected chi connectivity index (χ4v) is 8.70. The largest absolute Gasteiger partial charge is 0.465 e. The highest BCUT2D eigenvalue weighted by atomic mass is 16.7. The Hall–Kier alpha value is -2.79. The van der Waals surface area contributed by atoms with E-state index >= 15 is 0 Å². The van der Waals surface area contributed by atoms with Gasteiger partial charge in [0.15, 0.2) is 5.60 Å². The minimum atomic E-state index is -1.99. The van der Waals surface area contributed by atoms with E-state index in [1.54, 1.807) is 51.1 Å². The molecule has 0 amide bonds. The molecule has 2 saturated carbocycles. The minimum Gasteiger partial charge on any atom is -0.465 e. The third kappa shape index (κ3) is 4.17. The van der Waals surface area contributed by atoms with E-state index in [9.17, 15) is 24.6 Å². The van der Waals surface area contributed by atoms with Crippen molar-refractivity contribution in [2.75, 3.05) is 6.61 Å². The first-order valence-corrected chi connectivity index (χ1v) is 15.7. The number of ketones is 1. The molecule has 2 saturated heterocycles. The third-order valence-electron chi connectivity index (χ3n) is 11.1. The van der Waals surface area contributed by atoms with Crippen molar-refractivity contribution in [2.24, 2.45) is 22.7 Å². The highest BCUT2D eigenvalue weighted by Crippen LogP contribution is 2.67. The Balaban J connectivity index is 1.66. The molecule has 1 aromatic carbocycles. The van der Waals surface area contributed by atoms with Crippen molar-refractivity contribution in [1.82, 2.24) is 0 Å². The molecule has 2 aliphatic heterocycles. The number of hydrogen-bond donors (Lipinski definition) is 2. The summed E-state index contributed by atoms with van der Waals surface area (Å²) >= 11 is 0. The number of aliphatic hydroxyl groups excluding tert-OH is 1. The van der Waals surface area contributed by atoms with Gasteiger partial charge in [-0.3, -0.25) is 9.59 Å². The number of Topliss-reactive ketones (excluding diaryl/α,β-unsaturated/α-hetero) is 1. The van der Waals surface area contributed by atoms with Crippen molar-refractivity contribution in [2.45, 2.75) is 116 Å². The van der Waals surface area contributed by atoms with Gasteiger partial charge in [-0.05, 0) is 24.1 Å². The van der Waals surface area contributed by atoms with E-state index in [1.165, 1.54) is 0 Å². The number of hydrogen-bond acceptors (Lipinski definition) is 10. The van der Waals surface area contributed by atoms with Crippen LogP contribution in [0.15, 0.2) is 41.7 Å². The van der Waals surface area contributed by atoms with Crippen LogP contribution in [-0.2, 0) is 33.3 Å². The van der Waals surface area contributed by atoms with E-state index in [-0.39, 0.29) is 37.2 Å². The summed E-state index contributed by atoms with van der Waals surface area (Å²) in [4.78, 5) is 41.0. The molecule has 240 valence electrons. The Morgan fingerprint density at radius 3 is 2.39 bits per heavy atom. The second-order valence-electron chi connectivity index (χ2n) is 14.5. The smallest absolute Gasteiger partial charge is 0.338 e. The van der Waals surface area contributed by atoms with Gasteiger partial charge in [0.1, 0.15) is 35.5 Å². The van der Waals surface area contributed by atoms with Gasteiger partial charge in [-0.1, -0.05) is 52.8 Å². The van der Waals surface area contributed by atoms with Gasteiger partial charge < -0.3 is 33.9 Å². The van der Waals surface area contributed by atoms with Crippen molar-refractivity contribution < 1.29 is 48.3 Å². The van der Waals surface area contributed by atoms with Gasteiger partial charge in [-0.25, -0.2) is 4.79 Å². The molecule has 2 heterocycles. The summed E-state index contributed by atoms with van der Waals surface area (Å²) in [5.74, 6) is -3.88. The molecule has 2 N–H and O–H groups in total. The summed E-state index contributed by atoms with van der Waals surface area (Å²) in [6.45, 7) is 12.6. The van der Waals surface area contributed by atoms with E-state index in [0.29, 0.717) is 17.8 Å². The molecule has 1 aromatic rings. The van der Waals surface area contributed by atoms with Crippen LogP contribution < -0.4 is 0 Å². The van der Waals surface area contributed by atoms with Crippen LogP contribution in [0.4, 0.5) is 0 Å². The Morgan fingerprint density at radius 1 is 1.09 bits per heavy atom. The first kappa shape index (κ1) is 31.2. The maximum absolute atomic E-state index is 13.9. The molecule has 9 atom stereocenters. The number of ether oxygens (including phenoxy) is 5. The van der Waals surface area contributed by atoms with Crippen LogP contribution in [0.3, 0.4) is 0 Å². The minimum absolute atomic E-state index is 0.0385. The summed E-state index contributed by atoms with van der Waals surface area (Å²) in [6.07, 6.45) is -3.71. The Bertz CT molecular complexity index is 1400. The fourth-order valence-electron chi connectivity index (χ4n) is 8.70. The number of carbonyl (C=O) groups is 3. The van der Waals surface area contributed by atoms with Crippen molar-refractivity contribution in [1.29, 1.82) is 0 Å². The quantitative estimate of drug-likeness (QED) is 0.472. The molecule has 6 rings (SSSR count). The van der Waals surface area contributed by atoms with Gasteiger partial charge in [0.25, 0.3) is 0 Å². The van der Waals surface area contributed by atoms with Gasteiger partial charge in [0, 0.05) is 49.9 Å². The van der Waals surface area contributed by atoms with E-state index in [2.05, 4.69) is 0 Å². The van der Waals surface area contributed by atoms with Gasteiger partial charge in [0.2, 0.25) is 5.79 Å². The zero-order valence-corrected chi connectivity index (χ0v) is 26.5. The van der Waals surface area contributed by atoms with Crippen molar-refractivity contribution >= 4 is 17.7 Å². The maximum Gasteiger partial charge on any atom is 0.338 e. The molecule has 2 bridgehead atoms. The predicted octanol–water partition coefficient (Wildman–Crippen LogP) is 3.87. The zero-order valence-electron chi connectivity index (χ0n) is 26.5. The van der Waals surface area contributed by atoms with Crippen LogP contribution in [0, 0.1) is 22.7 Å². The normalized spacial score (nSPS) is 43.2. The number of aliphatic hydroxyl groups is 2. The number of benzene rings is 1. The van der Waals surface area contributed by atoms with Crippen LogP contribution >= 0.6 is 0 Å². The van der Waals surface area contributed by atoms with Crippen molar-refractivity contribution in [3.63, 3.8) is 0 Å². The molecular weight excluding hydrogens is 568 g/mol. The Labute approximate surface area is 258 Å². The van der Waals surface area contributed by atoms with E-state index in [1.807, 2.05) is 27.7 Å². The SMILES string of the molecule is CCCC(=O)O[C@@]12CO[C@@H]1C[C@H](O)[C@@]1(C)[C@@H]3OC(C)(C)O/C3=C3\C(C)C(=O)C[C@@](O)([C@@H](OC(=O)c4ccccc4)[C@H]21)C3(C)C. The van der Waals surface area contributed by atoms with Gasteiger partial charge in [-0.15, -0.1) is 0 Å². The summed E-state index contributed by atoms with van der Waals surface area (Å²) in [6, 6.07) is 8.40. The summed E-state index contributed by atoms with van der Waals surface area (Å²) in [5, 5.41) is 25.1. The van der Waals surface area contributed by atoms with E-state index in [4.69, 9.17) is 23.7 Å². The van der Waals surface area contributed by atoms with Crippen molar-refractivity contribution in [3.05, 3.63) is 47.2 Å². The highest BCUT2D eigenvalue weighted by molar-refractivity contribution is 5.90. The summed E-state index contributed by atoms with van der Waals surface area (Å²) < 4.78 is 31.8. The molecule has 3 aliphatic carbocycles. The number of esters is 2. The molecule has 10 heteroatoms. The predicted molar refractivity (Wildman–Crippen MR) is 156 cm³/mol. The molecule has 0 spiro atoms.